The van der Waals surface area contributed by atoms with E-state index in [4.69, 9.17) is 0 Å². The van der Waals surface area contributed by atoms with Gasteiger partial charge in [-0.15, -0.1) is 11.3 Å². The number of nitro benzene ring substituents is 1. The van der Waals surface area contributed by atoms with Crippen LogP contribution in [-0.4, -0.2) is 26.1 Å². The van der Waals surface area contributed by atoms with Gasteiger partial charge in [0, 0.05) is 23.9 Å². The number of rotatable bonds is 4. The summed E-state index contributed by atoms with van der Waals surface area (Å²) >= 11 is 2.91. The van der Waals surface area contributed by atoms with Crippen LogP contribution in [0.15, 0.2) is 47.2 Å². The Kier molecular flexibility index (Phi) is 4.12. The Hall–Kier alpha value is -2.32. The summed E-state index contributed by atoms with van der Waals surface area (Å²) in [6, 6.07) is 8.27. The number of nitrogens with zero attached hydrogens (tertiary/aromatic N) is 4. The minimum atomic E-state index is -0.411. The first-order valence-corrected chi connectivity index (χ1v) is 8.35. The largest absolute Gasteiger partial charge is 0.270 e. The van der Waals surface area contributed by atoms with E-state index >= 15 is 0 Å². The molecule has 1 aromatic carbocycles. The average Bonchev–Trinajstić information content (AvgIpc) is 3.04. The van der Waals surface area contributed by atoms with Crippen molar-refractivity contribution in [2.24, 2.45) is 0 Å². The Morgan fingerprint density at radius 2 is 2.14 bits per heavy atom. The van der Waals surface area contributed by atoms with Gasteiger partial charge in [0.2, 0.25) is 0 Å². The lowest BCUT2D eigenvalue weighted by Crippen LogP contribution is -1.91. The highest BCUT2D eigenvalue weighted by Crippen LogP contribution is 2.35. The smallest absolute Gasteiger partial charge is 0.258 e. The topological polar surface area (TPSA) is 81.8 Å². The van der Waals surface area contributed by atoms with E-state index in [-0.39, 0.29) is 5.69 Å². The Morgan fingerprint density at radius 1 is 1.27 bits per heavy atom. The van der Waals surface area contributed by atoms with E-state index in [0.717, 1.165) is 10.6 Å². The fourth-order valence-corrected chi connectivity index (χ4v) is 3.10. The molecule has 0 aliphatic carbocycles. The molecule has 0 saturated carbocycles. The fraction of sp³-hybridized carbons (Fsp3) is 0.0714. The highest BCUT2D eigenvalue weighted by Gasteiger charge is 2.15. The molecule has 0 aliphatic heterocycles. The van der Waals surface area contributed by atoms with Crippen LogP contribution >= 0.6 is 23.1 Å². The van der Waals surface area contributed by atoms with Crippen LogP contribution in [0.5, 0.6) is 0 Å². The number of hydrogen-bond donors (Lipinski definition) is 0. The zero-order valence-corrected chi connectivity index (χ0v) is 13.1. The molecule has 0 unspecified atom stereocenters. The maximum absolute atomic E-state index is 10.9. The summed E-state index contributed by atoms with van der Waals surface area (Å²) in [7, 11) is 0. The first kappa shape index (κ1) is 14.6. The summed E-state index contributed by atoms with van der Waals surface area (Å²) < 4.78 is 0. The van der Waals surface area contributed by atoms with E-state index in [2.05, 4.69) is 15.0 Å². The first-order chi connectivity index (χ1) is 10.7. The molecule has 0 aliphatic rings. The van der Waals surface area contributed by atoms with Gasteiger partial charge in [-0.05, 0) is 12.3 Å². The van der Waals surface area contributed by atoms with Crippen molar-refractivity contribution in [3.8, 4) is 21.8 Å². The molecule has 2 aromatic heterocycles. The van der Waals surface area contributed by atoms with Gasteiger partial charge in [0.25, 0.3) is 5.69 Å². The van der Waals surface area contributed by atoms with Gasteiger partial charge in [-0.3, -0.25) is 10.1 Å². The molecule has 3 rings (SSSR count). The maximum Gasteiger partial charge on any atom is 0.270 e. The summed E-state index contributed by atoms with van der Waals surface area (Å²) in [5.41, 5.74) is 3.92. The molecule has 0 radical (unpaired) electrons. The van der Waals surface area contributed by atoms with Gasteiger partial charge in [-0.1, -0.05) is 23.9 Å². The van der Waals surface area contributed by atoms with Crippen molar-refractivity contribution >= 4 is 28.8 Å². The number of hydrogen-bond acceptors (Lipinski definition) is 7. The lowest BCUT2D eigenvalue weighted by molar-refractivity contribution is -0.384. The number of nitro groups is 1. The third kappa shape index (κ3) is 2.83. The summed E-state index contributed by atoms with van der Waals surface area (Å²) in [6.07, 6.45) is 3.61. The minimum absolute atomic E-state index is 0.0453. The van der Waals surface area contributed by atoms with Crippen molar-refractivity contribution in [2.75, 3.05) is 6.26 Å². The molecule has 2 heterocycles. The van der Waals surface area contributed by atoms with E-state index in [1.165, 1.54) is 35.2 Å². The number of benzene rings is 1. The summed E-state index contributed by atoms with van der Waals surface area (Å²) in [6.45, 7) is 0. The molecule has 110 valence electrons. The molecule has 0 fully saturated rings. The highest BCUT2D eigenvalue weighted by molar-refractivity contribution is 7.98. The van der Waals surface area contributed by atoms with E-state index in [1.807, 2.05) is 18.4 Å². The molecule has 0 bridgehead atoms. The molecular weight excluding hydrogens is 320 g/mol. The number of thiazole rings is 1. The van der Waals surface area contributed by atoms with Crippen molar-refractivity contribution < 1.29 is 4.92 Å². The normalized spacial score (nSPS) is 10.6. The maximum atomic E-state index is 10.9. The molecule has 0 saturated heterocycles. The molecule has 6 nitrogen and oxygen atoms in total. The van der Waals surface area contributed by atoms with Crippen molar-refractivity contribution in [1.29, 1.82) is 0 Å². The van der Waals surface area contributed by atoms with Crippen LogP contribution in [-0.2, 0) is 0 Å². The second-order valence-corrected chi connectivity index (χ2v) is 5.89. The molecular formula is C14H10N4O2S2. The van der Waals surface area contributed by atoms with Crippen LogP contribution in [0.1, 0.15) is 0 Å². The van der Waals surface area contributed by atoms with Crippen LogP contribution in [0.25, 0.3) is 21.8 Å². The number of thioether (sulfide) groups is 1. The Bertz CT molecular complexity index is 835. The van der Waals surface area contributed by atoms with Crippen LogP contribution in [0.4, 0.5) is 5.69 Å². The summed E-state index contributed by atoms with van der Waals surface area (Å²) in [5.74, 6) is 0. The SMILES string of the molecule is CSc1nccc(-c2scnc2-c2cccc([N+](=O)[O-])c2)n1. The quantitative estimate of drug-likeness (QED) is 0.312. The predicted molar refractivity (Wildman–Crippen MR) is 87.0 cm³/mol. The van der Waals surface area contributed by atoms with Crippen LogP contribution < -0.4 is 0 Å². The minimum Gasteiger partial charge on any atom is -0.258 e. The highest BCUT2D eigenvalue weighted by atomic mass is 32.2. The van der Waals surface area contributed by atoms with Crippen molar-refractivity contribution in [2.45, 2.75) is 5.16 Å². The lowest BCUT2D eigenvalue weighted by atomic mass is 10.1. The molecule has 0 atom stereocenters. The Labute approximate surface area is 134 Å². The predicted octanol–water partition coefficient (Wildman–Crippen LogP) is 3.90. The standard InChI is InChI=1S/C14H10N4O2S2/c1-21-14-15-6-5-11(17-14)13-12(16-8-22-13)9-3-2-4-10(7-9)18(19)20/h2-8H,1H3. The van der Waals surface area contributed by atoms with E-state index < -0.39 is 4.92 Å². The van der Waals surface area contributed by atoms with Crippen LogP contribution in [0, 0.1) is 10.1 Å². The van der Waals surface area contributed by atoms with Crippen molar-refractivity contribution in [3.05, 3.63) is 52.2 Å². The zero-order chi connectivity index (χ0) is 15.5. The van der Waals surface area contributed by atoms with Crippen LogP contribution in [0.3, 0.4) is 0 Å². The molecule has 8 heteroatoms. The number of non-ortho nitro benzene ring substituents is 1. The fourth-order valence-electron chi connectivity index (χ4n) is 1.97. The van der Waals surface area contributed by atoms with Crippen molar-refractivity contribution in [1.82, 2.24) is 15.0 Å². The van der Waals surface area contributed by atoms with Gasteiger partial charge < -0.3 is 0 Å². The molecule has 0 spiro atoms. The van der Waals surface area contributed by atoms with E-state index in [9.17, 15) is 10.1 Å². The summed E-state index contributed by atoms with van der Waals surface area (Å²) in [4.78, 5) is 24.4. The van der Waals surface area contributed by atoms with Gasteiger partial charge in [0.15, 0.2) is 5.16 Å². The number of aromatic nitrogens is 3. The molecule has 3 aromatic rings. The molecule has 22 heavy (non-hydrogen) atoms. The van der Waals surface area contributed by atoms with Gasteiger partial charge in [0.1, 0.15) is 0 Å². The molecule has 0 amide bonds. The monoisotopic (exact) mass is 330 g/mol. The Balaban J connectivity index is 2.09. The second-order valence-electron chi connectivity index (χ2n) is 4.27. The Morgan fingerprint density at radius 3 is 2.91 bits per heavy atom. The van der Waals surface area contributed by atoms with E-state index in [0.29, 0.717) is 16.4 Å². The van der Waals surface area contributed by atoms with Gasteiger partial charge in [-0.25, -0.2) is 15.0 Å². The molecule has 0 N–H and O–H groups in total. The lowest BCUT2D eigenvalue weighted by Gasteiger charge is -2.03. The first-order valence-electron chi connectivity index (χ1n) is 6.25. The van der Waals surface area contributed by atoms with Gasteiger partial charge in [-0.2, -0.15) is 0 Å². The third-order valence-electron chi connectivity index (χ3n) is 2.95. The van der Waals surface area contributed by atoms with Crippen LogP contribution in [0.2, 0.25) is 0 Å². The van der Waals surface area contributed by atoms with E-state index in [1.54, 1.807) is 17.8 Å². The second kappa shape index (κ2) is 6.20. The van der Waals surface area contributed by atoms with Gasteiger partial charge >= 0.3 is 0 Å². The average molecular weight is 330 g/mol. The third-order valence-corrected chi connectivity index (χ3v) is 4.36. The summed E-state index contributed by atoms with van der Waals surface area (Å²) in [5, 5.41) is 11.6. The van der Waals surface area contributed by atoms with Crippen molar-refractivity contribution in [3.63, 3.8) is 0 Å². The van der Waals surface area contributed by atoms with Gasteiger partial charge in [0.05, 0.1) is 26.7 Å². The zero-order valence-electron chi connectivity index (χ0n) is 11.5.